The topological polar surface area (TPSA) is 18.5 Å². The van der Waals surface area contributed by atoms with E-state index in [2.05, 4.69) is 43.3 Å². The number of fused-ring (bicyclic) bond motifs is 1. The van der Waals surface area contributed by atoms with Crippen LogP contribution in [0, 0.1) is 0 Å². The van der Waals surface area contributed by atoms with Crippen LogP contribution in [0.2, 0.25) is 0 Å². The minimum absolute atomic E-state index is 0.815. The molecule has 0 saturated carbocycles. The monoisotopic (exact) mass is 266 g/mol. The van der Waals surface area contributed by atoms with Crippen LogP contribution in [0.5, 0.6) is 11.5 Å². The summed E-state index contributed by atoms with van der Waals surface area (Å²) < 4.78 is 10.7. The Bertz CT molecular complexity index is 662. The Hall–Kier alpha value is -2.22. The van der Waals surface area contributed by atoms with E-state index in [0.717, 1.165) is 23.5 Å². The van der Waals surface area contributed by atoms with Gasteiger partial charge in [0.2, 0.25) is 0 Å². The van der Waals surface area contributed by atoms with Gasteiger partial charge in [0.15, 0.2) is 0 Å². The number of methoxy groups -OCH3 is 2. The van der Waals surface area contributed by atoms with Gasteiger partial charge in [-0.25, -0.2) is 0 Å². The molecule has 2 nitrogen and oxygen atoms in total. The summed E-state index contributed by atoms with van der Waals surface area (Å²) >= 11 is 0. The molecule has 0 heterocycles. The van der Waals surface area contributed by atoms with Gasteiger partial charge in [-0.1, -0.05) is 29.8 Å². The molecule has 0 aromatic heterocycles. The van der Waals surface area contributed by atoms with Crippen molar-refractivity contribution in [2.24, 2.45) is 0 Å². The molecule has 0 atom stereocenters. The summed E-state index contributed by atoms with van der Waals surface area (Å²) in [5, 5.41) is 0. The summed E-state index contributed by atoms with van der Waals surface area (Å²) in [5.41, 5.74) is 6.48. The molecule has 0 spiro atoms. The Labute approximate surface area is 119 Å². The molecule has 20 heavy (non-hydrogen) atoms. The lowest BCUT2D eigenvalue weighted by atomic mass is 9.97. The van der Waals surface area contributed by atoms with Crippen molar-refractivity contribution < 1.29 is 9.47 Å². The molecular weight excluding hydrogens is 248 g/mol. The first-order valence-corrected chi connectivity index (χ1v) is 6.74. The van der Waals surface area contributed by atoms with Crippen molar-refractivity contribution in [1.29, 1.82) is 0 Å². The van der Waals surface area contributed by atoms with Gasteiger partial charge >= 0.3 is 0 Å². The van der Waals surface area contributed by atoms with E-state index in [9.17, 15) is 0 Å². The number of hydrogen-bond donors (Lipinski definition) is 0. The minimum atomic E-state index is 0.815. The number of rotatable bonds is 3. The highest BCUT2D eigenvalue weighted by atomic mass is 16.5. The van der Waals surface area contributed by atoms with Gasteiger partial charge in [0.25, 0.3) is 0 Å². The van der Waals surface area contributed by atoms with Crippen molar-refractivity contribution in [2.75, 3.05) is 14.2 Å². The predicted molar refractivity (Wildman–Crippen MR) is 82.3 cm³/mol. The van der Waals surface area contributed by atoms with Gasteiger partial charge < -0.3 is 9.47 Å². The van der Waals surface area contributed by atoms with Gasteiger partial charge in [0, 0.05) is 6.07 Å². The average molecular weight is 266 g/mol. The summed E-state index contributed by atoms with van der Waals surface area (Å²) in [4.78, 5) is 0. The number of hydrogen-bond acceptors (Lipinski definition) is 2. The van der Waals surface area contributed by atoms with Gasteiger partial charge in [0.05, 0.1) is 14.2 Å². The maximum absolute atomic E-state index is 5.36. The Kier molecular flexibility index (Phi) is 3.23. The largest absolute Gasteiger partial charge is 0.497 e. The van der Waals surface area contributed by atoms with Crippen LogP contribution in [0.3, 0.4) is 0 Å². The average Bonchev–Trinajstić information content (AvgIpc) is 2.86. The van der Waals surface area contributed by atoms with Crippen LogP contribution >= 0.6 is 0 Å². The molecule has 1 aliphatic rings. The van der Waals surface area contributed by atoms with Gasteiger partial charge in [-0.05, 0) is 47.7 Å². The highest BCUT2D eigenvalue weighted by Crippen LogP contribution is 2.36. The molecule has 102 valence electrons. The fourth-order valence-corrected chi connectivity index (χ4v) is 2.75. The highest BCUT2D eigenvalue weighted by molar-refractivity contribution is 5.81. The van der Waals surface area contributed by atoms with Crippen LogP contribution < -0.4 is 9.47 Å². The lowest BCUT2D eigenvalue weighted by molar-refractivity contribution is 0.394. The van der Waals surface area contributed by atoms with Crippen molar-refractivity contribution in [3.8, 4) is 22.6 Å². The first kappa shape index (κ1) is 12.8. The summed E-state index contributed by atoms with van der Waals surface area (Å²) in [6.45, 7) is 2.18. The molecule has 0 radical (unpaired) electrons. The zero-order chi connectivity index (χ0) is 14.1. The van der Waals surface area contributed by atoms with Crippen molar-refractivity contribution in [2.45, 2.75) is 13.3 Å². The second-order valence-corrected chi connectivity index (χ2v) is 5.15. The van der Waals surface area contributed by atoms with E-state index in [1.165, 1.54) is 22.3 Å². The van der Waals surface area contributed by atoms with Gasteiger partial charge in [-0.3, -0.25) is 0 Å². The third-order valence-electron chi connectivity index (χ3n) is 3.72. The molecule has 0 fully saturated rings. The zero-order valence-corrected chi connectivity index (χ0v) is 12.1. The molecule has 2 aromatic rings. The molecule has 0 aliphatic heterocycles. The second-order valence-electron chi connectivity index (χ2n) is 5.15. The van der Waals surface area contributed by atoms with Crippen LogP contribution in [0.4, 0.5) is 0 Å². The predicted octanol–water partition coefficient (Wildman–Crippen LogP) is 4.33. The Morgan fingerprint density at radius 1 is 0.950 bits per heavy atom. The maximum Gasteiger partial charge on any atom is 0.123 e. The van der Waals surface area contributed by atoms with E-state index in [-0.39, 0.29) is 0 Å². The van der Waals surface area contributed by atoms with E-state index in [1.807, 2.05) is 6.07 Å². The standard InChI is InChI=1S/C18H18O2/c1-12-7-13-5-4-6-17(18(13)8-12)14-9-15(19-2)11-16(10-14)20-3/h4-6,8-11H,7H2,1-3H3. The first-order valence-electron chi connectivity index (χ1n) is 6.74. The van der Waals surface area contributed by atoms with Crippen molar-refractivity contribution >= 4 is 6.08 Å². The van der Waals surface area contributed by atoms with E-state index in [0.29, 0.717) is 0 Å². The van der Waals surface area contributed by atoms with Crippen LogP contribution in [0.1, 0.15) is 18.1 Å². The molecule has 0 amide bonds. The summed E-state index contributed by atoms with van der Waals surface area (Å²) in [7, 11) is 3.36. The van der Waals surface area contributed by atoms with Crippen LogP contribution in [0.15, 0.2) is 42.0 Å². The molecule has 0 unspecified atom stereocenters. The van der Waals surface area contributed by atoms with Gasteiger partial charge in [0.1, 0.15) is 11.5 Å². The molecule has 0 saturated heterocycles. The molecule has 0 N–H and O–H groups in total. The lowest BCUT2D eigenvalue weighted by Crippen LogP contribution is -1.91. The zero-order valence-electron chi connectivity index (χ0n) is 12.1. The number of benzene rings is 2. The van der Waals surface area contributed by atoms with E-state index in [4.69, 9.17) is 9.47 Å². The fourth-order valence-electron chi connectivity index (χ4n) is 2.75. The van der Waals surface area contributed by atoms with Crippen LogP contribution in [-0.2, 0) is 6.42 Å². The van der Waals surface area contributed by atoms with Crippen LogP contribution in [0.25, 0.3) is 17.2 Å². The third kappa shape index (κ3) is 2.18. The minimum Gasteiger partial charge on any atom is -0.497 e. The van der Waals surface area contributed by atoms with Gasteiger partial charge in [-0.2, -0.15) is 0 Å². The Balaban J connectivity index is 2.17. The fraction of sp³-hybridized carbons (Fsp3) is 0.222. The van der Waals surface area contributed by atoms with Gasteiger partial charge in [-0.15, -0.1) is 0 Å². The molecule has 1 aliphatic carbocycles. The maximum atomic E-state index is 5.36. The van der Waals surface area contributed by atoms with Crippen LogP contribution in [-0.4, -0.2) is 14.2 Å². The first-order chi connectivity index (χ1) is 9.71. The van der Waals surface area contributed by atoms with Crippen molar-refractivity contribution in [1.82, 2.24) is 0 Å². The summed E-state index contributed by atoms with van der Waals surface area (Å²) in [6, 6.07) is 12.5. The summed E-state index contributed by atoms with van der Waals surface area (Å²) in [6.07, 6.45) is 3.32. The summed E-state index contributed by atoms with van der Waals surface area (Å²) in [5.74, 6) is 1.63. The van der Waals surface area contributed by atoms with Crippen molar-refractivity contribution in [3.63, 3.8) is 0 Å². The Morgan fingerprint density at radius 2 is 1.65 bits per heavy atom. The molecule has 3 rings (SSSR count). The third-order valence-corrected chi connectivity index (χ3v) is 3.72. The number of allylic oxidation sites excluding steroid dienone is 1. The lowest BCUT2D eigenvalue weighted by Gasteiger charge is -2.11. The van der Waals surface area contributed by atoms with E-state index in [1.54, 1.807) is 14.2 Å². The molecular formula is C18H18O2. The normalized spacial score (nSPS) is 12.8. The Morgan fingerprint density at radius 3 is 2.30 bits per heavy atom. The van der Waals surface area contributed by atoms with E-state index >= 15 is 0 Å². The second kappa shape index (κ2) is 5.04. The molecule has 0 bridgehead atoms. The quantitative estimate of drug-likeness (QED) is 0.823. The molecule has 2 heteroatoms. The highest BCUT2D eigenvalue weighted by Gasteiger charge is 2.15. The number of ether oxygens (including phenoxy) is 2. The SMILES string of the molecule is COc1cc(OC)cc(-c2cccc3c2C=C(C)C3)c1. The smallest absolute Gasteiger partial charge is 0.123 e. The van der Waals surface area contributed by atoms with E-state index < -0.39 is 0 Å². The molecule has 2 aromatic carbocycles. The van der Waals surface area contributed by atoms with Crippen molar-refractivity contribution in [3.05, 3.63) is 53.1 Å².